The molecule has 0 bridgehead atoms. The quantitative estimate of drug-likeness (QED) is 0.455. The number of thiophene rings is 1. The third kappa shape index (κ3) is 4.31. The zero-order valence-corrected chi connectivity index (χ0v) is 18.0. The molecule has 0 spiro atoms. The summed E-state index contributed by atoms with van der Waals surface area (Å²) in [6, 6.07) is 12.2. The first-order valence-electron chi connectivity index (χ1n) is 9.79. The van der Waals surface area contributed by atoms with Gasteiger partial charge in [0.1, 0.15) is 22.8 Å². The fraction of sp³-hybridized carbons (Fsp3) is 0.217. The molecule has 3 heterocycles. The minimum Gasteiger partial charge on any atom is -0.369 e. The maximum atomic E-state index is 12.3. The average molecular weight is 418 g/mol. The van der Waals surface area contributed by atoms with Crippen LogP contribution in [0.25, 0.3) is 21.3 Å². The van der Waals surface area contributed by atoms with Crippen LogP contribution in [0.1, 0.15) is 22.4 Å². The zero-order chi connectivity index (χ0) is 21.1. The van der Waals surface area contributed by atoms with Crippen molar-refractivity contribution in [3.05, 3.63) is 64.9 Å². The predicted molar refractivity (Wildman–Crippen MR) is 123 cm³/mol. The van der Waals surface area contributed by atoms with Gasteiger partial charge in [0, 0.05) is 29.6 Å². The molecule has 4 aromatic rings. The van der Waals surface area contributed by atoms with Crippen LogP contribution in [0, 0.1) is 20.8 Å². The molecular formula is C23H23N5OS. The number of nitrogens with one attached hydrogen (secondary N) is 2. The lowest BCUT2D eigenvalue weighted by Gasteiger charge is -2.09. The molecule has 1 amide bonds. The Morgan fingerprint density at radius 1 is 0.967 bits per heavy atom. The van der Waals surface area contributed by atoms with Crippen LogP contribution in [-0.2, 0) is 4.79 Å². The van der Waals surface area contributed by atoms with E-state index in [2.05, 4.69) is 63.7 Å². The monoisotopic (exact) mass is 417 g/mol. The second-order valence-electron chi connectivity index (χ2n) is 7.25. The van der Waals surface area contributed by atoms with Gasteiger partial charge in [-0.05, 0) is 38.0 Å². The van der Waals surface area contributed by atoms with E-state index in [0.717, 1.165) is 32.7 Å². The van der Waals surface area contributed by atoms with Crippen molar-refractivity contribution in [1.29, 1.82) is 0 Å². The molecule has 0 unspecified atom stereocenters. The van der Waals surface area contributed by atoms with Gasteiger partial charge < -0.3 is 10.6 Å². The first-order chi connectivity index (χ1) is 14.5. The summed E-state index contributed by atoms with van der Waals surface area (Å²) in [5.41, 5.74) is 4.56. The summed E-state index contributed by atoms with van der Waals surface area (Å²) in [6.45, 7) is 6.61. The van der Waals surface area contributed by atoms with Crippen molar-refractivity contribution in [1.82, 2.24) is 15.0 Å². The fourth-order valence-electron chi connectivity index (χ4n) is 3.29. The molecule has 0 saturated heterocycles. The molecule has 0 atom stereocenters. The number of rotatable bonds is 6. The maximum absolute atomic E-state index is 12.3. The Balaban J connectivity index is 1.51. The molecule has 0 aliphatic heterocycles. The third-order valence-corrected chi connectivity index (χ3v) is 5.84. The molecule has 0 radical (unpaired) electrons. The van der Waals surface area contributed by atoms with E-state index >= 15 is 0 Å². The Hall–Kier alpha value is -3.32. The Labute approximate surface area is 179 Å². The first-order valence-corrected chi connectivity index (χ1v) is 10.6. The summed E-state index contributed by atoms with van der Waals surface area (Å²) in [5, 5.41) is 7.15. The number of carbonyl (C=O) groups excluding carboxylic acids is 1. The number of pyridine rings is 1. The summed E-state index contributed by atoms with van der Waals surface area (Å²) in [6.07, 6.45) is 3.61. The smallest absolute Gasteiger partial charge is 0.227 e. The van der Waals surface area contributed by atoms with Crippen LogP contribution < -0.4 is 10.6 Å². The van der Waals surface area contributed by atoms with Crippen molar-refractivity contribution >= 4 is 39.1 Å². The fourth-order valence-corrected chi connectivity index (χ4v) is 4.30. The summed E-state index contributed by atoms with van der Waals surface area (Å²) in [7, 11) is 0. The van der Waals surface area contributed by atoms with Crippen LogP contribution in [0.15, 0.2) is 48.9 Å². The lowest BCUT2D eigenvalue weighted by Crippen LogP contribution is -2.17. The lowest BCUT2D eigenvalue weighted by atomic mass is 10.0. The number of carbonyl (C=O) groups is 1. The number of aromatic nitrogens is 3. The Morgan fingerprint density at radius 2 is 1.73 bits per heavy atom. The highest BCUT2D eigenvalue weighted by Gasteiger charge is 2.16. The number of hydrogen-bond acceptors (Lipinski definition) is 6. The molecule has 2 N–H and O–H groups in total. The predicted octanol–water partition coefficient (Wildman–Crippen LogP) is 5.12. The minimum atomic E-state index is -0.0931. The molecular weight excluding hydrogens is 394 g/mol. The van der Waals surface area contributed by atoms with Crippen molar-refractivity contribution in [2.24, 2.45) is 0 Å². The SMILES string of the molecule is Cc1ccc(-c2c(C)sc3ncnc(NCCC(=O)Nc4ccc(C)cn4)c23)cc1. The molecule has 0 aliphatic carbocycles. The van der Waals surface area contributed by atoms with Gasteiger partial charge in [0.15, 0.2) is 0 Å². The van der Waals surface area contributed by atoms with E-state index in [-0.39, 0.29) is 5.91 Å². The van der Waals surface area contributed by atoms with Gasteiger partial charge in [0.25, 0.3) is 0 Å². The van der Waals surface area contributed by atoms with E-state index < -0.39 is 0 Å². The zero-order valence-electron chi connectivity index (χ0n) is 17.2. The number of benzene rings is 1. The van der Waals surface area contributed by atoms with Gasteiger partial charge in [0.05, 0.1) is 5.39 Å². The molecule has 1 aromatic carbocycles. The number of hydrogen-bond donors (Lipinski definition) is 2. The molecule has 7 heteroatoms. The van der Waals surface area contributed by atoms with Gasteiger partial charge in [-0.15, -0.1) is 11.3 Å². The van der Waals surface area contributed by atoms with Crippen LogP contribution in [0.4, 0.5) is 11.6 Å². The molecule has 152 valence electrons. The van der Waals surface area contributed by atoms with E-state index in [1.165, 1.54) is 10.4 Å². The number of nitrogens with zero attached hydrogens (tertiary/aromatic N) is 3. The second kappa shape index (κ2) is 8.59. The van der Waals surface area contributed by atoms with Gasteiger partial charge in [-0.1, -0.05) is 35.9 Å². The first kappa shape index (κ1) is 20.0. The number of aryl methyl sites for hydroxylation is 3. The maximum Gasteiger partial charge on any atom is 0.227 e. The minimum absolute atomic E-state index is 0.0931. The molecule has 3 aromatic heterocycles. The Morgan fingerprint density at radius 3 is 2.47 bits per heavy atom. The van der Waals surface area contributed by atoms with Crippen LogP contribution in [-0.4, -0.2) is 27.4 Å². The highest BCUT2D eigenvalue weighted by Crippen LogP contribution is 2.40. The van der Waals surface area contributed by atoms with E-state index in [0.29, 0.717) is 18.8 Å². The van der Waals surface area contributed by atoms with E-state index in [9.17, 15) is 4.79 Å². The third-order valence-electron chi connectivity index (χ3n) is 4.83. The Bertz CT molecular complexity index is 1180. The van der Waals surface area contributed by atoms with Gasteiger partial charge >= 0.3 is 0 Å². The summed E-state index contributed by atoms with van der Waals surface area (Å²) >= 11 is 1.66. The number of anilines is 2. The van der Waals surface area contributed by atoms with Crippen LogP contribution >= 0.6 is 11.3 Å². The average Bonchev–Trinajstić information content (AvgIpc) is 3.07. The molecule has 30 heavy (non-hydrogen) atoms. The Kier molecular flexibility index (Phi) is 5.72. The van der Waals surface area contributed by atoms with Gasteiger partial charge in [-0.25, -0.2) is 15.0 Å². The summed E-state index contributed by atoms with van der Waals surface area (Å²) in [4.78, 5) is 27.5. The number of amides is 1. The molecule has 6 nitrogen and oxygen atoms in total. The lowest BCUT2D eigenvalue weighted by molar-refractivity contribution is -0.116. The van der Waals surface area contributed by atoms with Gasteiger partial charge in [-0.2, -0.15) is 0 Å². The summed E-state index contributed by atoms with van der Waals surface area (Å²) < 4.78 is 0. The van der Waals surface area contributed by atoms with Crippen molar-refractivity contribution in [3.63, 3.8) is 0 Å². The highest BCUT2D eigenvalue weighted by atomic mass is 32.1. The van der Waals surface area contributed by atoms with Crippen LogP contribution in [0.2, 0.25) is 0 Å². The van der Waals surface area contributed by atoms with Crippen LogP contribution in [0.5, 0.6) is 0 Å². The second-order valence-corrected chi connectivity index (χ2v) is 8.45. The standard InChI is InChI=1S/C23H23N5OS/c1-14-4-7-17(8-5-14)20-16(3)30-23-21(20)22(26-13-27-23)24-11-10-19(29)28-18-9-6-15(2)12-25-18/h4-9,12-13H,10-11H2,1-3H3,(H,24,26,27)(H,25,28,29). The van der Waals surface area contributed by atoms with E-state index in [1.807, 2.05) is 13.0 Å². The van der Waals surface area contributed by atoms with Crippen molar-refractivity contribution in [2.75, 3.05) is 17.2 Å². The van der Waals surface area contributed by atoms with Gasteiger partial charge in [-0.3, -0.25) is 4.79 Å². The van der Waals surface area contributed by atoms with Crippen LogP contribution in [0.3, 0.4) is 0 Å². The molecule has 0 saturated carbocycles. The topological polar surface area (TPSA) is 79.8 Å². The normalized spacial score (nSPS) is 10.9. The van der Waals surface area contributed by atoms with Crippen molar-refractivity contribution < 1.29 is 4.79 Å². The molecule has 0 aliphatic rings. The highest BCUT2D eigenvalue weighted by molar-refractivity contribution is 7.19. The van der Waals surface area contributed by atoms with E-state index in [4.69, 9.17) is 0 Å². The molecule has 4 rings (SSSR count). The summed E-state index contributed by atoms with van der Waals surface area (Å²) in [5.74, 6) is 1.22. The largest absolute Gasteiger partial charge is 0.369 e. The van der Waals surface area contributed by atoms with Gasteiger partial charge in [0.2, 0.25) is 5.91 Å². The van der Waals surface area contributed by atoms with Crippen molar-refractivity contribution in [3.8, 4) is 11.1 Å². The van der Waals surface area contributed by atoms with Crippen molar-refractivity contribution in [2.45, 2.75) is 27.2 Å². The van der Waals surface area contributed by atoms with E-state index in [1.54, 1.807) is 29.9 Å². The molecule has 0 fully saturated rings. The number of fused-ring (bicyclic) bond motifs is 1.